The first-order valence-electron chi connectivity index (χ1n) is 3.12. The van der Waals surface area contributed by atoms with E-state index in [1.165, 1.54) is 10.8 Å². The molecule has 0 atom stereocenters. The van der Waals surface area contributed by atoms with Crippen molar-refractivity contribution in [2.24, 2.45) is 12.8 Å². The van der Waals surface area contributed by atoms with Gasteiger partial charge in [0.15, 0.2) is 4.77 Å². The number of rotatable bonds is 1. The fraction of sp³-hybridized carbons (Fsp3) is 0.167. The van der Waals surface area contributed by atoms with E-state index in [9.17, 15) is 9.59 Å². The van der Waals surface area contributed by atoms with E-state index in [0.29, 0.717) is 0 Å². The summed E-state index contributed by atoms with van der Waals surface area (Å²) < 4.78 is 1.70. The Morgan fingerprint density at radius 2 is 2.33 bits per heavy atom. The zero-order chi connectivity index (χ0) is 9.30. The number of amides is 1. The predicted molar refractivity (Wildman–Crippen MR) is 45.4 cm³/mol. The third kappa shape index (κ3) is 1.42. The van der Waals surface area contributed by atoms with Gasteiger partial charge in [-0.3, -0.25) is 14.6 Å². The van der Waals surface area contributed by atoms with Crippen LogP contribution in [0.4, 0.5) is 0 Å². The lowest BCUT2D eigenvalue weighted by Gasteiger charge is -1.99. The van der Waals surface area contributed by atoms with Gasteiger partial charge in [-0.1, -0.05) is 0 Å². The summed E-state index contributed by atoms with van der Waals surface area (Å²) in [5.41, 5.74) is 4.29. The van der Waals surface area contributed by atoms with Gasteiger partial charge in [-0.25, -0.2) is 0 Å². The second-order valence-corrected chi connectivity index (χ2v) is 2.66. The van der Waals surface area contributed by atoms with Gasteiger partial charge in [0, 0.05) is 13.2 Å². The van der Waals surface area contributed by atoms with Crippen LogP contribution in [-0.4, -0.2) is 15.5 Å². The van der Waals surface area contributed by atoms with Crippen LogP contribution < -0.4 is 11.3 Å². The molecule has 0 spiro atoms. The maximum absolute atomic E-state index is 11.0. The summed E-state index contributed by atoms with van der Waals surface area (Å²) in [5, 5.41) is 0. The molecule has 0 unspecified atom stereocenters. The van der Waals surface area contributed by atoms with Crippen LogP contribution in [0.3, 0.4) is 0 Å². The zero-order valence-electron chi connectivity index (χ0n) is 6.33. The Kier molecular flexibility index (Phi) is 2.09. The van der Waals surface area contributed by atoms with Crippen LogP contribution in [0.5, 0.6) is 0 Å². The minimum absolute atomic E-state index is 0.0916. The number of hydrogen-bond donors (Lipinski definition) is 2. The molecule has 0 radical (unpaired) electrons. The van der Waals surface area contributed by atoms with Gasteiger partial charge < -0.3 is 10.3 Å². The van der Waals surface area contributed by atoms with E-state index < -0.39 is 11.5 Å². The Morgan fingerprint density at radius 1 is 1.75 bits per heavy atom. The molecule has 3 N–H and O–H groups in total. The highest BCUT2D eigenvalue weighted by atomic mass is 32.1. The van der Waals surface area contributed by atoms with Gasteiger partial charge in [0.1, 0.15) is 5.56 Å². The second kappa shape index (κ2) is 2.90. The Labute approximate surface area is 72.8 Å². The molecule has 1 heterocycles. The molecule has 1 amide bonds. The van der Waals surface area contributed by atoms with Gasteiger partial charge in [0.05, 0.1) is 0 Å². The average molecular weight is 185 g/mol. The predicted octanol–water partition coefficient (Wildman–Crippen LogP) is -0.458. The molecule has 0 aromatic carbocycles. The number of H-pyrrole nitrogens is 1. The molecule has 0 aliphatic heterocycles. The van der Waals surface area contributed by atoms with Crippen LogP contribution in [0.15, 0.2) is 11.0 Å². The molecule has 0 aliphatic carbocycles. The fourth-order valence-corrected chi connectivity index (χ4v) is 0.884. The van der Waals surface area contributed by atoms with Crippen molar-refractivity contribution in [1.29, 1.82) is 0 Å². The zero-order valence-corrected chi connectivity index (χ0v) is 7.14. The Hall–Kier alpha value is -1.43. The first kappa shape index (κ1) is 8.66. The highest BCUT2D eigenvalue weighted by Gasteiger charge is 2.05. The molecule has 0 fully saturated rings. The summed E-state index contributed by atoms with van der Waals surface area (Å²) in [4.78, 5) is 23.9. The lowest BCUT2D eigenvalue weighted by Crippen LogP contribution is -2.25. The number of carbonyl (C=O) groups is 1. The first-order chi connectivity index (χ1) is 5.52. The van der Waals surface area contributed by atoms with Crippen molar-refractivity contribution in [2.75, 3.05) is 0 Å². The van der Waals surface area contributed by atoms with Crippen molar-refractivity contribution in [3.8, 4) is 0 Å². The van der Waals surface area contributed by atoms with Crippen molar-refractivity contribution in [3.05, 3.63) is 26.9 Å². The largest absolute Gasteiger partial charge is 0.365 e. The van der Waals surface area contributed by atoms with Crippen LogP contribution in [0.2, 0.25) is 0 Å². The van der Waals surface area contributed by atoms with E-state index >= 15 is 0 Å². The molecule has 0 saturated carbocycles. The highest BCUT2D eigenvalue weighted by Crippen LogP contribution is 1.88. The number of aromatic nitrogens is 2. The van der Waals surface area contributed by atoms with Crippen molar-refractivity contribution in [3.63, 3.8) is 0 Å². The van der Waals surface area contributed by atoms with Gasteiger partial charge in [-0.15, -0.1) is 0 Å². The van der Waals surface area contributed by atoms with E-state index in [1.807, 2.05) is 0 Å². The summed E-state index contributed by atoms with van der Waals surface area (Å²) in [6.45, 7) is 0. The first-order valence-corrected chi connectivity index (χ1v) is 3.53. The number of nitrogens with two attached hydrogens (primary N) is 1. The summed E-state index contributed by atoms with van der Waals surface area (Å²) in [6, 6.07) is 0. The fourth-order valence-electron chi connectivity index (χ4n) is 0.739. The van der Waals surface area contributed by atoms with Crippen molar-refractivity contribution in [1.82, 2.24) is 9.55 Å². The molecule has 6 heteroatoms. The van der Waals surface area contributed by atoms with E-state index in [1.54, 1.807) is 7.05 Å². The molecular weight excluding hydrogens is 178 g/mol. The molecule has 1 rings (SSSR count). The summed E-state index contributed by atoms with van der Waals surface area (Å²) in [6.07, 6.45) is 1.31. The quantitative estimate of drug-likeness (QED) is 0.581. The molecule has 0 bridgehead atoms. The molecule has 12 heavy (non-hydrogen) atoms. The number of carbonyl (C=O) groups excluding carboxylic acids is 1. The third-order valence-electron chi connectivity index (χ3n) is 1.37. The van der Waals surface area contributed by atoms with E-state index in [2.05, 4.69) is 4.98 Å². The summed E-state index contributed by atoms with van der Waals surface area (Å²) in [5.74, 6) is -0.762. The molecule has 0 saturated heterocycles. The van der Waals surface area contributed by atoms with Crippen LogP contribution in [0, 0.1) is 4.77 Å². The number of nitrogens with zero attached hydrogens (tertiary/aromatic N) is 1. The smallest absolute Gasteiger partial charge is 0.264 e. The van der Waals surface area contributed by atoms with E-state index in [-0.39, 0.29) is 10.3 Å². The lowest BCUT2D eigenvalue weighted by molar-refractivity contribution is 0.0998. The van der Waals surface area contributed by atoms with Gasteiger partial charge in [-0.2, -0.15) is 0 Å². The standard InChI is InChI=1S/C6H7N3O2S/c1-9-2-3(4(7)10)5(11)8-6(9)12/h2H,1H3,(H2,7,10)(H,8,11,12). The maximum Gasteiger partial charge on any atom is 0.264 e. The number of aromatic amines is 1. The Morgan fingerprint density at radius 3 is 2.83 bits per heavy atom. The lowest BCUT2D eigenvalue weighted by atomic mass is 10.3. The third-order valence-corrected chi connectivity index (χ3v) is 1.76. The van der Waals surface area contributed by atoms with E-state index in [0.717, 1.165) is 0 Å². The van der Waals surface area contributed by atoms with Gasteiger partial charge in [-0.05, 0) is 12.2 Å². The number of primary amides is 1. The van der Waals surface area contributed by atoms with Gasteiger partial charge in [0.2, 0.25) is 0 Å². The van der Waals surface area contributed by atoms with Crippen LogP contribution >= 0.6 is 12.2 Å². The number of aryl methyl sites for hydroxylation is 1. The number of nitrogens with one attached hydrogen (secondary N) is 1. The monoisotopic (exact) mass is 185 g/mol. The van der Waals surface area contributed by atoms with Crippen LogP contribution in [-0.2, 0) is 7.05 Å². The normalized spacial score (nSPS) is 9.75. The SMILES string of the molecule is Cn1cc(C(N)=O)c(=O)[nH]c1=S. The molecule has 5 nitrogen and oxygen atoms in total. The number of hydrogen-bond acceptors (Lipinski definition) is 3. The topological polar surface area (TPSA) is 80.9 Å². The van der Waals surface area contributed by atoms with Crippen molar-refractivity contribution < 1.29 is 4.79 Å². The Bertz CT molecular complexity index is 431. The minimum Gasteiger partial charge on any atom is -0.365 e. The maximum atomic E-state index is 11.0. The molecular formula is C6H7N3O2S. The van der Waals surface area contributed by atoms with Gasteiger partial charge >= 0.3 is 0 Å². The van der Waals surface area contributed by atoms with Gasteiger partial charge in [0.25, 0.3) is 11.5 Å². The molecule has 1 aromatic rings. The van der Waals surface area contributed by atoms with Crippen molar-refractivity contribution >= 4 is 18.1 Å². The van der Waals surface area contributed by atoms with Crippen molar-refractivity contribution in [2.45, 2.75) is 0 Å². The molecule has 0 aliphatic rings. The van der Waals surface area contributed by atoms with E-state index in [4.69, 9.17) is 18.0 Å². The average Bonchev–Trinajstić information content (AvgIpc) is 1.96. The minimum atomic E-state index is -0.762. The van der Waals surface area contributed by atoms with Crippen LogP contribution in [0.25, 0.3) is 0 Å². The summed E-state index contributed by atoms with van der Waals surface area (Å²) in [7, 11) is 1.62. The molecule has 64 valence electrons. The summed E-state index contributed by atoms with van der Waals surface area (Å²) >= 11 is 4.74. The second-order valence-electron chi connectivity index (χ2n) is 2.28. The van der Waals surface area contributed by atoms with Crippen LogP contribution in [0.1, 0.15) is 10.4 Å². The highest BCUT2D eigenvalue weighted by molar-refractivity contribution is 7.71. The Balaban J connectivity index is 3.54. The molecule has 1 aromatic heterocycles.